The lowest BCUT2D eigenvalue weighted by molar-refractivity contribution is -0.384. The SMILES string of the molecule is Cc1cc(O)cc(C)c1C[C@H](N)C(=O)N[C@H]1CSSC[C@H](C(N)=O)NC(=O)[C@H](Cc2ccc([N+](=O)[O-])cc2)NC(=O)CNC1=O. The maximum Gasteiger partial charge on any atom is 0.269 e. The Kier molecular flexibility index (Phi) is 12.6. The van der Waals surface area contributed by atoms with E-state index in [0.717, 1.165) is 38.3 Å². The van der Waals surface area contributed by atoms with Gasteiger partial charge in [0.2, 0.25) is 29.5 Å². The minimum absolute atomic E-state index is 0.0190. The maximum atomic E-state index is 13.1. The molecular formula is C28H35N7O8S2. The number of aryl methyl sites for hydroxylation is 2. The van der Waals surface area contributed by atoms with Crippen LogP contribution in [0.2, 0.25) is 0 Å². The minimum Gasteiger partial charge on any atom is -0.508 e. The largest absolute Gasteiger partial charge is 0.508 e. The second kappa shape index (κ2) is 16.1. The monoisotopic (exact) mass is 661 g/mol. The van der Waals surface area contributed by atoms with Crippen molar-refractivity contribution < 1.29 is 34.0 Å². The molecular weight excluding hydrogens is 626 g/mol. The molecule has 2 aromatic rings. The predicted molar refractivity (Wildman–Crippen MR) is 169 cm³/mol. The van der Waals surface area contributed by atoms with Crippen LogP contribution in [0.3, 0.4) is 0 Å². The number of hydrogen-bond donors (Lipinski definition) is 7. The fraction of sp³-hybridized carbons (Fsp3) is 0.393. The highest BCUT2D eigenvalue weighted by atomic mass is 33.1. The highest BCUT2D eigenvalue weighted by Crippen LogP contribution is 2.24. The van der Waals surface area contributed by atoms with Gasteiger partial charge in [-0.2, -0.15) is 0 Å². The Balaban J connectivity index is 1.74. The van der Waals surface area contributed by atoms with Crippen molar-refractivity contribution in [3.05, 3.63) is 68.8 Å². The second-order valence-corrected chi connectivity index (χ2v) is 13.0. The van der Waals surface area contributed by atoms with E-state index in [1.165, 1.54) is 24.3 Å². The summed E-state index contributed by atoms with van der Waals surface area (Å²) >= 11 is 0. The van der Waals surface area contributed by atoms with Gasteiger partial charge in [-0.1, -0.05) is 33.7 Å². The van der Waals surface area contributed by atoms with Crippen molar-refractivity contribution in [2.45, 2.75) is 50.9 Å². The molecule has 0 aromatic heterocycles. The lowest BCUT2D eigenvalue weighted by Gasteiger charge is -2.24. The van der Waals surface area contributed by atoms with Crippen LogP contribution < -0.4 is 32.7 Å². The van der Waals surface area contributed by atoms with Crippen molar-refractivity contribution >= 4 is 56.8 Å². The lowest BCUT2D eigenvalue weighted by Crippen LogP contribution is -2.57. The van der Waals surface area contributed by atoms with E-state index >= 15 is 0 Å². The van der Waals surface area contributed by atoms with Crippen molar-refractivity contribution in [2.24, 2.45) is 11.5 Å². The van der Waals surface area contributed by atoms with Crippen LogP contribution in [0.25, 0.3) is 0 Å². The number of amides is 5. The van der Waals surface area contributed by atoms with E-state index in [0.29, 0.717) is 5.56 Å². The molecule has 1 aliphatic rings. The van der Waals surface area contributed by atoms with Gasteiger partial charge < -0.3 is 37.8 Å². The highest BCUT2D eigenvalue weighted by Gasteiger charge is 2.29. The zero-order valence-electron chi connectivity index (χ0n) is 24.5. The first-order chi connectivity index (χ1) is 21.2. The molecule has 1 saturated heterocycles. The molecule has 0 bridgehead atoms. The molecule has 0 radical (unpaired) electrons. The first-order valence-electron chi connectivity index (χ1n) is 13.7. The molecule has 2 aromatic carbocycles. The molecule has 0 unspecified atom stereocenters. The van der Waals surface area contributed by atoms with Gasteiger partial charge in [0.1, 0.15) is 23.9 Å². The summed E-state index contributed by atoms with van der Waals surface area (Å²) in [7, 11) is 2.28. The van der Waals surface area contributed by atoms with E-state index in [4.69, 9.17) is 11.5 Å². The van der Waals surface area contributed by atoms with Gasteiger partial charge in [0.25, 0.3) is 5.69 Å². The highest BCUT2D eigenvalue weighted by molar-refractivity contribution is 8.76. The number of carbonyl (C=O) groups excluding carboxylic acids is 5. The summed E-state index contributed by atoms with van der Waals surface area (Å²) in [5, 5.41) is 30.9. The second-order valence-electron chi connectivity index (χ2n) is 10.4. The third-order valence-electron chi connectivity index (χ3n) is 6.95. The number of nitrogens with zero attached hydrogens (tertiary/aromatic N) is 1. The quantitative estimate of drug-likeness (QED) is 0.108. The topological polar surface area (TPSA) is 249 Å². The minimum atomic E-state index is -1.21. The van der Waals surface area contributed by atoms with E-state index in [1.807, 2.05) is 0 Å². The standard InChI is InChI=1S/C28H35N7O8S2/c1-14-7-18(36)8-15(2)19(14)10-20(29)26(39)34-23-13-45-44-12-22(25(30)38)33-28(41)21(32-24(37)11-31-27(23)40)9-16-3-5-17(6-4-16)35(42)43/h3-8,20-23,36H,9-13,29H2,1-2H3,(H2,30,38)(H,31,40)(H,32,37)(H,33,41)(H,34,39)/t20-,21-,22+,23-/m0/s1. The summed E-state index contributed by atoms with van der Waals surface area (Å²) in [6, 6.07) is 4.05. The first kappa shape index (κ1) is 35.1. The van der Waals surface area contributed by atoms with E-state index < -0.39 is 65.2 Å². The maximum absolute atomic E-state index is 13.1. The average molecular weight is 662 g/mol. The van der Waals surface area contributed by atoms with E-state index in [1.54, 1.807) is 26.0 Å². The van der Waals surface area contributed by atoms with Crippen LogP contribution in [-0.2, 0) is 36.8 Å². The van der Waals surface area contributed by atoms with Gasteiger partial charge in [0, 0.05) is 30.1 Å². The predicted octanol–water partition coefficient (Wildman–Crippen LogP) is -0.519. The average Bonchev–Trinajstić information content (AvgIpc) is 2.97. The van der Waals surface area contributed by atoms with Crippen LogP contribution >= 0.6 is 21.6 Å². The van der Waals surface area contributed by atoms with Gasteiger partial charge in [0.05, 0.1) is 17.5 Å². The Morgan fingerprint density at radius 1 is 1.07 bits per heavy atom. The molecule has 0 aliphatic carbocycles. The van der Waals surface area contributed by atoms with Gasteiger partial charge in [-0.3, -0.25) is 34.1 Å². The lowest BCUT2D eigenvalue weighted by atomic mass is 9.96. The Morgan fingerprint density at radius 2 is 1.69 bits per heavy atom. The van der Waals surface area contributed by atoms with Gasteiger partial charge >= 0.3 is 0 Å². The summed E-state index contributed by atoms with van der Waals surface area (Å²) in [5.74, 6) is -3.40. The summed E-state index contributed by atoms with van der Waals surface area (Å²) in [4.78, 5) is 74.5. The van der Waals surface area contributed by atoms with Crippen LogP contribution in [0.1, 0.15) is 22.3 Å². The Hall–Kier alpha value is -4.35. The number of non-ortho nitro benzene ring substituents is 1. The van der Waals surface area contributed by atoms with Crippen molar-refractivity contribution in [1.29, 1.82) is 0 Å². The molecule has 1 fully saturated rings. The fourth-order valence-corrected chi connectivity index (χ4v) is 6.84. The van der Waals surface area contributed by atoms with Crippen molar-refractivity contribution in [2.75, 3.05) is 18.1 Å². The number of hydrogen-bond acceptors (Lipinski definition) is 11. The molecule has 1 aliphatic heterocycles. The summed E-state index contributed by atoms with van der Waals surface area (Å²) in [5.41, 5.74) is 14.3. The number of aromatic hydroxyl groups is 1. The molecule has 4 atom stereocenters. The third-order valence-corrected chi connectivity index (χ3v) is 9.37. The number of benzene rings is 2. The Labute approximate surface area is 266 Å². The number of primary amides is 1. The first-order valence-corrected chi connectivity index (χ1v) is 16.2. The molecule has 0 spiro atoms. The number of nitro benzene ring substituents is 1. The van der Waals surface area contributed by atoms with Crippen LogP contribution in [0, 0.1) is 24.0 Å². The molecule has 0 saturated carbocycles. The smallest absolute Gasteiger partial charge is 0.269 e. The zero-order chi connectivity index (χ0) is 33.3. The number of rotatable bonds is 8. The number of phenols is 1. The molecule has 3 rings (SSSR count). The van der Waals surface area contributed by atoms with Crippen molar-refractivity contribution in [1.82, 2.24) is 21.3 Å². The van der Waals surface area contributed by atoms with E-state index in [9.17, 15) is 39.2 Å². The summed E-state index contributed by atoms with van der Waals surface area (Å²) in [6.07, 6.45) is 0.0754. The number of phenolic OH excluding ortho intramolecular Hbond substituents is 1. The number of nitro groups is 1. The number of carbonyl (C=O) groups is 5. The Morgan fingerprint density at radius 3 is 2.29 bits per heavy atom. The van der Waals surface area contributed by atoms with Gasteiger partial charge in [-0.15, -0.1) is 0 Å². The molecule has 45 heavy (non-hydrogen) atoms. The van der Waals surface area contributed by atoms with Gasteiger partial charge in [-0.25, -0.2) is 0 Å². The van der Waals surface area contributed by atoms with Crippen molar-refractivity contribution in [3.8, 4) is 5.75 Å². The fourth-order valence-electron chi connectivity index (χ4n) is 4.50. The normalized spacial score (nSPS) is 20.5. The van der Waals surface area contributed by atoms with Crippen LogP contribution in [0.4, 0.5) is 5.69 Å². The molecule has 17 heteroatoms. The third kappa shape index (κ3) is 10.4. The van der Waals surface area contributed by atoms with Crippen LogP contribution in [-0.4, -0.2) is 81.8 Å². The molecule has 242 valence electrons. The van der Waals surface area contributed by atoms with E-state index in [2.05, 4.69) is 21.3 Å². The zero-order valence-corrected chi connectivity index (χ0v) is 26.2. The molecule has 5 amide bonds. The molecule has 1 heterocycles. The molecule has 9 N–H and O–H groups in total. The van der Waals surface area contributed by atoms with Gasteiger partial charge in [0.15, 0.2) is 0 Å². The number of nitrogens with two attached hydrogens (primary N) is 2. The number of nitrogens with one attached hydrogen (secondary N) is 4. The van der Waals surface area contributed by atoms with Crippen LogP contribution in [0.15, 0.2) is 36.4 Å². The van der Waals surface area contributed by atoms with Crippen molar-refractivity contribution in [3.63, 3.8) is 0 Å². The van der Waals surface area contributed by atoms with E-state index in [-0.39, 0.29) is 35.8 Å². The summed E-state index contributed by atoms with van der Waals surface area (Å²) < 4.78 is 0. The summed E-state index contributed by atoms with van der Waals surface area (Å²) in [6.45, 7) is 3.04. The Bertz CT molecular complexity index is 1430. The molecule has 15 nitrogen and oxygen atoms in total. The van der Waals surface area contributed by atoms with Crippen LogP contribution in [0.5, 0.6) is 5.75 Å². The van der Waals surface area contributed by atoms with Gasteiger partial charge in [-0.05, 0) is 54.7 Å².